The van der Waals surface area contributed by atoms with Crippen LogP contribution in [0.5, 0.6) is 0 Å². The molecule has 0 fully saturated rings. The summed E-state index contributed by atoms with van der Waals surface area (Å²) in [5, 5.41) is 27.4. The Balaban J connectivity index is 3.36. The van der Waals surface area contributed by atoms with Crippen molar-refractivity contribution in [1.29, 1.82) is 0 Å². The van der Waals surface area contributed by atoms with E-state index < -0.39 is 12.2 Å². The normalized spacial score (nSPS) is 18.8. The van der Waals surface area contributed by atoms with Crippen molar-refractivity contribution in [2.75, 3.05) is 0 Å². The van der Waals surface area contributed by atoms with Crippen LogP contribution in [0.25, 0.3) is 0 Å². The Hall–Kier alpha value is -0.120. The highest BCUT2D eigenvalue weighted by atomic mass is 16.3. The molecule has 0 bridgehead atoms. The van der Waals surface area contributed by atoms with Crippen LogP contribution in [0.15, 0.2) is 0 Å². The monoisotopic (exact) mass is 176 g/mol. The molecule has 3 atom stereocenters. The van der Waals surface area contributed by atoms with Gasteiger partial charge in [-0.25, -0.2) is 0 Å². The van der Waals surface area contributed by atoms with E-state index in [1.807, 2.05) is 6.92 Å². The van der Waals surface area contributed by atoms with Crippen molar-refractivity contribution in [3.8, 4) is 0 Å². The summed E-state index contributed by atoms with van der Waals surface area (Å²) in [6.07, 6.45) is 1.06. The summed E-state index contributed by atoms with van der Waals surface area (Å²) >= 11 is 0. The van der Waals surface area contributed by atoms with Crippen molar-refractivity contribution in [2.45, 2.75) is 57.8 Å². The van der Waals surface area contributed by atoms with Gasteiger partial charge in [-0.1, -0.05) is 6.92 Å². The second kappa shape index (κ2) is 6.40. The minimum absolute atomic E-state index is 0.311. The Morgan fingerprint density at radius 3 is 1.92 bits per heavy atom. The summed E-state index contributed by atoms with van der Waals surface area (Å²) in [6.45, 7) is 3.56. The summed E-state index contributed by atoms with van der Waals surface area (Å²) in [5.74, 6) is 0. The van der Waals surface area contributed by atoms with Crippen LogP contribution < -0.4 is 0 Å². The first-order valence-corrected chi connectivity index (χ1v) is 4.60. The summed E-state index contributed by atoms with van der Waals surface area (Å²) in [6, 6.07) is 0. The van der Waals surface area contributed by atoms with Gasteiger partial charge in [0.1, 0.15) is 0 Å². The molecule has 3 nitrogen and oxygen atoms in total. The van der Waals surface area contributed by atoms with Gasteiger partial charge in [-0.2, -0.15) is 0 Å². The largest absolute Gasteiger partial charge is 0.393 e. The van der Waals surface area contributed by atoms with E-state index in [4.69, 9.17) is 10.2 Å². The lowest BCUT2D eigenvalue weighted by Gasteiger charge is -2.14. The fourth-order valence-corrected chi connectivity index (χ4v) is 1.10. The summed E-state index contributed by atoms with van der Waals surface area (Å²) < 4.78 is 0. The molecule has 3 unspecified atom stereocenters. The molecule has 0 aliphatic carbocycles. The molecule has 0 heterocycles. The summed E-state index contributed by atoms with van der Waals surface area (Å²) in [4.78, 5) is 0. The van der Waals surface area contributed by atoms with Crippen molar-refractivity contribution >= 4 is 0 Å². The molecule has 0 aromatic rings. The maximum absolute atomic E-state index is 9.29. The van der Waals surface area contributed by atoms with Gasteiger partial charge in [0, 0.05) is 0 Å². The molecule has 0 aromatic carbocycles. The molecular formula is C9H20O3. The first-order valence-electron chi connectivity index (χ1n) is 4.60. The molecule has 0 saturated heterocycles. The van der Waals surface area contributed by atoms with E-state index in [0.717, 1.165) is 6.42 Å². The summed E-state index contributed by atoms with van der Waals surface area (Å²) in [5.41, 5.74) is 0. The van der Waals surface area contributed by atoms with Crippen molar-refractivity contribution in [2.24, 2.45) is 0 Å². The van der Waals surface area contributed by atoms with Crippen LogP contribution in [0.3, 0.4) is 0 Å². The molecule has 0 aliphatic heterocycles. The minimum atomic E-state index is -0.480. The number of hydrogen-bond donors (Lipinski definition) is 3. The highest BCUT2D eigenvalue weighted by molar-refractivity contribution is 4.62. The lowest BCUT2D eigenvalue weighted by molar-refractivity contribution is 0.0679. The standard InChI is InChI=1S/C9H20O3/c1-3-8(11)4-5-9(12)6-7(2)10/h7-12H,3-6H2,1-2H3. The SMILES string of the molecule is CCC(O)CCC(O)CC(C)O. The third-order valence-corrected chi connectivity index (χ3v) is 1.92. The van der Waals surface area contributed by atoms with Crippen LogP contribution in [0.2, 0.25) is 0 Å². The molecule has 0 spiro atoms. The Bertz CT molecular complexity index is 104. The molecular weight excluding hydrogens is 156 g/mol. The third kappa shape index (κ3) is 6.58. The van der Waals surface area contributed by atoms with E-state index in [1.54, 1.807) is 6.92 Å². The quantitative estimate of drug-likeness (QED) is 0.557. The Morgan fingerprint density at radius 2 is 1.50 bits per heavy atom. The van der Waals surface area contributed by atoms with Crippen LogP contribution in [0.4, 0.5) is 0 Å². The fourth-order valence-electron chi connectivity index (χ4n) is 1.10. The second-order valence-corrected chi connectivity index (χ2v) is 3.38. The van der Waals surface area contributed by atoms with Gasteiger partial charge in [0.25, 0.3) is 0 Å². The zero-order valence-corrected chi connectivity index (χ0v) is 7.90. The van der Waals surface area contributed by atoms with Crippen LogP contribution >= 0.6 is 0 Å². The average molecular weight is 176 g/mol. The minimum Gasteiger partial charge on any atom is -0.393 e. The molecule has 3 N–H and O–H groups in total. The lowest BCUT2D eigenvalue weighted by Crippen LogP contribution is -2.17. The predicted octanol–water partition coefficient (Wildman–Crippen LogP) is 0.669. The first kappa shape index (κ1) is 11.9. The van der Waals surface area contributed by atoms with E-state index in [1.165, 1.54) is 0 Å². The van der Waals surface area contributed by atoms with E-state index in [9.17, 15) is 5.11 Å². The topological polar surface area (TPSA) is 60.7 Å². The van der Waals surface area contributed by atoms with Crippen molar-refractivity contribution in [3.63, 3.8) is 0 Å². The predicted molar refractivity (Wildman–Crippen MR) is 47.8 cm³/mol. The molecule has 0 saturated carbocycles. The van der Waals surface area contributed by atoms with Crippen molar-refractivity contribution in [3.05, 3.63) is 0 Å². The smallest absolute Gasteiger partial charge is 0.0565 e. The van der Waals surface area contributed by atoms with Crippen molar-refractivity contribution in [1.82, 2.24) is 0 Å². The summed E-state index contributed by atoms with van der Waals surface area (Å²) in [7, 11) is 0. The van der Waals surface area contributed by atoms with Crippen LogP contribution in [-0.2, 0) is 0 Å². The molecule has 0 amide bonds. The fraction of sp³-hybridized carbons (Fsp3) is 1.00. The molecule has 0 radical (unpaired) electrons. The first-order chi connectivity index (χ1) is 5.56. The van der Waals surface area contributed by atoms with E-state index in [0.29, 0.717) is 19.3 Å². The van der Waals surface area contributed by atoms with Gasteiger partial charge in [0.15, 0.2) is 0 Å². The van der Waals surface area contributed by atoms with Crippen LogP contribution in [0, 0.1) is 0 Å². The van der Waals surface area contributed by atoms with E-state index in [-0.39, 0.29) is 6.10 Å². The number of aliphatic hydroxyl groups is 3. The van der Waals surface area contributed by atoms with Gasteiger partial charge in [0.05, 0.1) is 18.3 Å². The van der Waals surface area contributed by atoms with E-state index in [2.05, 4.69) is 0 Å². The molecule has 74 valence electrons. The third-order valence-electron chi connectivity index (χ3n) is 1.92. The molecule has 12 heavy (non-hydrogen) atoms. The zero-order valence-electron chi connectivity index (χ0n) is 7.90. The zero-order chi connectivity index (χ0) is 9.56. The van der Waals surface area contributed by atoms with Gasteiger partial charge < -0.3 is 15.3 Å². The Labute approximate surface area is 74.0 Å². The lowest BCUT2D eigenvalue weighted by atomic mass is 10.0. The second-order valence-electron chi connectivity index (χ2n) is 3.38. The average Bonchev–Trinajstić information content (AvgIpc) is 1.99. The Morgan fingerprint density at radius 1 is 1.00 bits per heavy atom. The molecule has 0 rings (SSSR count). The van der Waals surface area contributed by atoms with Gasteiger partial charge >= 0.3 is 0 Å². The highest BCUT2D eigenvalue weighted by Crippen LogP contribution is 2.08. The van der Waals surface area contributed by atoms with Gasteiger partial charge in [-0.05, 0) is 32.6 Å². The van der Waals surface area contributed by atoms with Gasteiger partial charge in [0.2, 0.25) is 0 Å². The van der Waals surface area contributed by atoms with E-state index >= 15 is 0 Å². The molecule has 3 heteroatoms. The van der Waals surface area contributed by atoms with Gasteiger partial charge in [-0.15, -0.1) is 0 Å². The van der Waals surface area contributed by atoms with Crippen LogP contribution in [0.1, 0.15) is 39.5 Å². The Kier molecular flexibility index (Phi) is 6.34. The molecule has 0 aromatic heterocycles. The number of hydrogen-bond acceptors (Lipinski definition) is 3. The van der Waals surface area contributed by atoms with Crippen LogP contribution in [-0.4, -0.2) is 33.6 Å². The molecule has 0 aliphatic rings. The maximum atomic E-state index is 9.29. The van der Waals surface area contributed by atoms with Crippen molar-refractivity contribution < 1.29 is 15.3 Å². The maximum Gasteiger partial charge on any atom is 0.0565 e. The number of rotatable bonds is 6. The highest BCUT2D eigenvalue weighted by Gasteiger charge is 2.09. The number of aliphatic hydroxyl groups excluding tert-OH is 3. The van der Waals surface area contributed by atoms with Gasteiger partial charge in [-0.3, -0.25) is 0 Å².